The second-order valence-electron chi connectivity index (χ2n) is 9.98. The van der Waals surface area contributed by atoms with E-state index in [4.69, 9.17) is 4.74 Å². The molecule has 1 aromatic heterocycles. The van der Waals surface area contributed by atoms with Gasteiger partial charge in [0, 0.05) is 43.0 Å². The lowest BCUT2D eigenvalue weighted by Crippen LogP contribution is -2.53. The topological polar surface area (TPSA) is 80.6 Å². The number of amides is 2. The summed E-state index contributed by atoms with van der Waals surface area (Å²) in [6.45, 7) is 4.19. The van der Waals surface area contributed by atoms with Crippen LogP contribution in [0.25, 0.3) is 0 Å². The van der Waals surface area contributed by atoms with Gasteiger partial charge in [-0.15, -0.1) is 0 Å². The highest BCUT2D eigenvalue weighted by molar-refractivity contribution is 5.99. The largest absolute Gasteiger partial charge is 0.487 e. The van der Waals surface area contributed by atoms with Crippen molar-refractivity contribution in [2.45, 2.75) is 64.7 Å². The third kappa shape index (κ3) is 3.96. The molecule has 3 aliphatic rings. The first-order valence-electron chi connectivity index (χ1n) is 12.4. The van der Waals surface area contributed by atoms with Crippen LogP contribution < -0.4 is 15.5 Å². The molecule has 7 nitrogen and oxygen atoms in total. The minimum absolute atomic E-state index is 0.0249. The average Bonchev–Trinajstić information content (AvgIpc) is 3.37. The number of unbranched alkanes of at least 4 members (excludes halogenated alkanes) is 1. The van der Waals surface area contributed by atoms with Crippen molar-refractivity contribution in [3.05, 3.63) is 62.8 Å². The number of hydrogen-bond donors (Lipinski definition) is 1. The third-order valence-corrected chi connectivity index (χ3v) is 7.74. The maximum atomic E-state index is 14.0. The van der Waals surface area contributed by atoms with Crippen LogP contribution in [0.15, 0.2) is 23.1 Å². The van der Waals surface area contributed by atoms with Crippen molar-refractivity contribution < 1.29 is 27.5 Å². The van der Waals surface area contributed by atoms with E-state index in [1.54, 1.807) is 4.57 Å². The lowest BCUT2D eigenvalue weighted by molar-refractivity contribution is 0.0413. The molecule has 2 aliphatic heterocycles. The number of fused-ring (bicyclic) bond motifs is 6. The number of pyridine rings is 1. The third-order valence-electron chi connectivity index (χ3n) is 7.74. The van der Waals surface area contributed by atoms with Gasteiger partial charge in [-0.1, -0.05) is 20.3 Å². The molecule has 3 heterocycles. The number of carbonyl (C=O) groups excluding carboxylic acids is 2. The number of nitrogens with one attached hydrogen (secondary N) is 1. The number of rotatable bonds is 7. The summed E-state index contributed by atoms with van der Waals surface area (Å²) in [7, 11) is 0. The molecule has 2 aromatic rings. The zero-order valence-corrected chi connectivity index (χ0v) is 20.2. The van der Waals surface area contributed by atoms with Gasteiger partial charge in [0.15, 0.2) is 11.4 Å². The van der Waals surface area contributed by atoms with E-state index in [1.165, 1.54) is 6.20 Å². The second-order valence-corrected chi connectivity index (χ2v) is 9.98. The van der Waals surface area contributed by atoms with Crippen LogP contribution in [0.4, 0.5) is 13.2 Å². The molecule has 4 atom stereocenters. The Hall–Kier alpha value is -3.30. The van der Waals surface area contributed by atoms with Crippen LogP contribution >= 0.6 is 0 Å². The molecular weight excluding hydrogens is 475 g/mol. The summed E-state index contributed by atoms with van der Waals surface area (Å²) in [4.78, 5) is 41.8. The first-order valence-corrected chi connectivity index (χ1v) is 12.4. The first kappa shape index (κ1) is 24.4. The monoisotopic (exact) mass is 503 g/mol. The molecule has 0 spiro atoms. The molecule has 1 saturated heterocycles. The summed E-state index contributed by atoms with van der Waals surface area (Å²) in [5, 5.41) is 2.34. The lowest BCUT2D eigenvalue weighted by atomic mass is 9.87. The molecule has 10 heteroatoms. The van der Waals surface area contributed by atoms with Gasteiger partial charge in [-0.25, -0.2) is 13.2 Å². The van der Waals surface area contributed by atoms with Crippen molar-refractivity contribution in [2.75, 3.05) is 6.61 Å². The van der Waals surface area contributed by atoms with Gasteiger partial charge in [0.05, 0.1) is 12.6 Å². The highest BCUT2D eigenvalue weighted by Gasteiger charge is 2.54. The van der Waals surface area contributed by atoms with Gasteiger partial charge in [-0.2, -0.15) is 0 Å². The predicted octanol–water partition coefficient (Wildman–Crippen LogP) is 3.63. The van der Waals surface area contributed by atoms with Crippen molar-refractivity contribution in [1.82, 2.24) is 14.8 Å². The molecule has 1 saturated carbocycles. The van der Waals surface area contributed by atoms with Gasteiger partial charge >= 0.3 is 0 Å². The normalized spacial score (nSPS) is 24.0. The van der Waals surface area contributed by atoms with Crippen molar-refractivity contribution in [3.63, 3.8) is 0 Å². The van der Waals surface area contributed by atoms with E-state index >= 15 is 0 Å². The van der Waals surface area contributed by atoms with Gasteiger partial charge in [-0.3, -0.25) is 14.4 Å². The summed E-state index contributed by atoms with van der Waals surface area (Å²) in [6.07, 6.45) is 4.65. The van der Waals surface area contributed by atoms with Crippen LogP contribution in [-0.4, -0.2) is 40.0 Å². The van der Waals surface area contributed by atoms with Crippen LogP contribution in [0.3, 0.4) is 0 Å². The Morgan fingerprint density at radius 3 is 2.58 bits per heavy atom. The molecule has 0 unspecified atom stereocenters. The highest BCUT2D eigenvalue weighted by Crippen LogP contribution is 2.49. The number of halogens is 3. The molecule has 192 valence electrons. The molecule has 2 bridgehead atoms. The molecule has 2 fully saturated rings. The van der Waals surface area contributed by atoms with E-state index in [0.29, 0.717) is 36.9 Å². The zero-order valence-electron chi connectivity index (χ0n) is 20.2. The molecule has 0 radical (unpaired) electrons. The van der Waals surface area contributed by atoms with E-state index in [2.05, 4.69) is 12.2 Å². The Kier molecular flexibility index (Phi) is 6.30. The van der Waals surface area contributed by atoms with Crippen molar-refractivity contribution >= 4 is 11.8 Å². The number of nitrogens with zero attached hydrogens (tertiary/aromatic N) is 2. The SMILES string of the molecule is CCCCOc1c2n(cc(C(=O)NCc3c(F)cc(F)cc3F)c1=O)C[C@@H]1[C@H]3C[C@H](C[C@H]3C)N1C2=O. The molecule has 2 amide bonds. The van der Waals surface area contributed by atoms with Crippen molar-refractivity contribution in [1.29, 1.82) is 0 Å². The van der Waals surface area contributed by atoms with Crippen LogP contribution in [0.2, 0.25) is 0 Å². The van der Waals surface area contributed by atoms with Gasteiger partial charge in [0.2, 0.25) is 5.43 Å². The minimum atomic E-state index is -1.14. The fourth-order valence-corrected chi connectivity index (χ4v) is 5.97. The smallest absolute Gasteiger partial charge is 0.275 e. The van der Waals surface area contributed by atoms with Crippen LogP contribution in [0.5, 0.6) is 5.75 Å². The van der Waals surface area contributed by atoms with E-state index in [-0.39, 0.29) is 41.6 Å². The highest BCUT2D eigenvalue weighted by atomic mass is 19.1. The number of hydrogen-bond acceptors (Lipinski definition) is 4. The van der Waals surface area contributed by atoms with Gasteiger partial charge in [0.25, 0.3) is 11.8 Å². The summed E-state index contributed by atoms with van der Waals surface area (Å²) < 4.78 is 48.6. The van der Waals surface area contributed by atoms with Crippen LogP contribution in [-0.2, 0) is 13.1 Å². The Morgan fingerprint density at radius 1 is 1.17 bits per heavy atom. The predicted molar refractivity (Wildman–Crippen MR) is 124 cm³/mol. The molecule has 1 aliphatic carbocycles. The number of ether oxygens (including phenoxy) is 1. The molecular formula is C26H28F3N3O4. The standard InChI is InChI=1S/C26H28F3N3O4/c1-3-4-5-36-24-22-26(35)32-15-6-13(2)16(9-15)21(32)12-31(22)11-18(23(24)33)25(34)30-10-17-19(28)7-14(27)8-20(17)29/h7-8,11,13,15-16,21H,3-6,9-10,12H2,1-2H3,(H,30,34)/t13-,15+,16+,21-/m1/s1. The summed E-state index contributed by atoms with van der Waals surface area (Å²) in [5.41, 5.74) is -1.42. The number of benzene rings is 1. The molecule has 1 N–H and O–H groups in total. The Morgan fingerprint density at radius 2 is 1.89 bits per heavy atom. The minimum Gasteiger partial charge on any atom is -0.487 e. The summed E-state index contributed by atoms with van der Waals surface area (Å²) >= 11 is 0. The molecule has 1 aromatic carbocycles. The van der Waals surface area contributed by atoms with Gasteiger partial charge in [0.1, 0.15) is 23.0 Å². The van der Waals surface area contributed by atoms with Gasteiger partial charge < -0.3 is 19.5 Å². The quantitative estimate of drug-likeness (QED) is 0.586. The van der Waals surface area contributed by atoms with Gasteiger partial charge in [-0.05, 0) is 31.1 Å². The van der Waals surface area contributed by atoms with Crippen LogP contribution in [0.1, 0.15) is 65.9 Å². The summed E-state index contributed by atoms with van der Waals surface area (Å²) in [6, 6.07) is 1.15. The zero-order chi connectivity index (χ0) is 25.7. The van der Waals surface area contributed by atoms with E-state index < -0.39 is 40.9 Å². The maximum absolute atomic E-state index is 14.0. The van der Waals surface area contributed by atoms with E-state index in [1.807, 2.05) is 11.8 Å². The summed E-state index contributed by atoms with van der Waals surface area (Å²) in [5.74, 6) is -3.84. The molecule has 36 heavy (non-hydrogen) atoms. The first-order chi connectivity index (χ1) is 17.2. The average molecular weight is 504 g/mol. The van der Waals surface area contributed by atoms with E-state index in [0.717, 1.165) is 19.3 Å². The Bertz CT molecular complexity index is 1270. The van der Waals surface area contributed by atoms with Crippen LogP contribution in [0, 0.1) is 29.3 Å². The van der Waals surface area contributed by atoms with Crippen molar-refractivity contribution in [3.8, 4) is 5.75 Å². The Labute approximate surface area is 206 Å². The Balaban J connectivity index is 1.49. The fourth-order valence-electron chi connectivity index (χ4n) is 5.97. The lowest BCUT2D eigenvalue weighted by Gasteiger charge is -2.42. The number of piperidine rings is 1. The fraction of sp³-hybridized carbons (Fsp3) is 0.500. The number of aromatic nitrogens is 1. The second kappa shape index (κ2) is 9.29. The van der Waals surface area contributed by atoms with E-state index in [9.17, 15) is 27.6 Å². The van der Waals surface area contributed by atoms with Crippen molar-refractivity contribution in [2.24, 2.45) is 11.8 Å². The maximum Gasteiger partial charge on any atom is 0.275 e. The number of carbonyl (C=O) groups is 2. The molecule has 5 rings (SSSR count).